The number of nitrogens with zero attached hydrogens (tertiary/aromatic N) is 2. The number of hydrogen-bond donors (Lipinski definition) is 2. The molecule has 0 saturated carbocycles. The minimum atomic E-state index is 0.142. The van der Waals surface area contributed by atoms with Crippen molar-refractivity contribution in [3.05, 3.63) is 40.0 Å². The van der Waals surface area contributed by atoms with E-state index in [0.29, 0.717) is 24.1 Å². The molecular formula is C12H12BrClN4O. The molecule has 0 aliphatic carbocycles. The highest BCUT2D eigenvalue weighted by Crippen LogP contribution is 2.17. The van der Waals surface area contributed by atoms with E-state index in [1.807, 2.05) is 24.3 Å². The Balaban J connectivity index is 1.80. The molecule has 100 valence electrons. The van der Waals surface area contributed by atoms with Crippen LogP contribution in [0.2, 0.25) is 5.15 Å². The summed E-state index contributed by atoms with van der Waals surface area (Å²) in [6.07, 6.45) is 0. The standard InChI is InChI=1S/C12H12BrClN4O/c13-8-2-1-3-9(6-8)19-5-4-16-11-7-10(14)17-12(15)18-11/h1-3,6-7H,4-5H2,(H3,15,16,17,18). The average molecular weight is 344 g/mol. The zero-order valence-electron chi connectivity index (χ0n) is 9.94. The normalized spacial score (nSPS) is 10.2. The van der Waals surface area contributed by atoms with Crippen molar-refractivity contribution in [3.8, 4) is 5.75 Å². The molecule has 0 aliphatic heterocycles. The summed E-state index contributed by atoms with van der Waals surface area (Å²) in [5.74, 6) is 1.52. The maximum Gasteiger partial charge on any atom is 0.223 e. The van der Waals surface area contributed by atoms with Crippen LogP contribution in [0.1, 0.15) is 0 Å². The highest BCUT2D eigenvalue weighted by atomic mass is 79.9. The first-order valence-corrected chi connectivity index (χ1v) is 6.73. The van der Waals surface area contributed by atoms with E-state index in [1.165, 1.54) is 0 Å². The largest absolute Gasteiger partial charge is 0.492 e. The van der Waals surface area contributed by atoms with E-state index < -0.39 is 0 Å². The molecule has 2 rings (SSSR count). The third-order valence-corrected chi connectivity index (χ3v) is 2.87. The molecule has 1 heterocycles. The molecule has 5 nitrogen and oxygen atoms in total. The summed E-state index contributed by atoms with van der Waals surface area (Å²) in [4.78, 5) is 7.78. The fourth-order valence-corrected chi connectivity index (χ4v) is 2.00. The third kappa shape index (κ3) is 4.57. The predicted molar refractivity (Wildman–Crippen MR) is 79.6 cm³/mol. The van der Waals surface area contributed by atoms with E-state index in [-0.39, 0.29) is 5.95 Å². The molecule has 0 bridgehead atoms. The lowest BCUT2D eigenvalue weighted by molar-refractivity contribution is 0.332. The topological polar surface area (TPSA) is 73.1 Å². The second kappa shape index (κ2) is 6.58. The van der Waals surface area contributed by atoms with Gasteiger partial charge in [-0.25, -0.2) is 4.98 Å². The third-order valence-electron chi connectivity index (χ3n) is 2.19. The fraction of sp³-hybridized carbons (Fsp3) is 0.167. The van der Waals surface area contributed by atoms with Crippen LogP contribution in [-0.4, -0.2) is 23.1 Å². The van der Waals surface area contributed by atoms with Crippen LogP contribution in [0.4, 0.5) is 11.8 Å². The summed E-state index contributed by atoms with van der Waals surface area (Å²) < 4.78 is 6.55. The summed E-state index contributed by atoms with van der Waals surface area (Å²) in [6, 6.07) is 9.26. The van der Waals surface area contributed by atoms with Crippen molar-refractivity contribution in [2.45, 2.75) is 0 Å². The molecule has 0 fully saturated rings. The molecule has 19 heavy (non-hydrogen) atoms. The summed E-state index contributed by atoms with van der Waals surface area (Å²) in [6.45, 7) is 1.08. The number of anilines is 2. The van der Waals surface area contributed by atoms with Gasteiger partial charge in [0.15, 0.2) is 0 Å². The minimum Gasteiger partial charge on any atom is -0.492 e. The van der Waals surface area contributed by atoms with Crippen LogP contribution in [0.3, 0.4) is 0 Å². The zero-order chi connectivity index (χ0) is 13.7. The number of rotatable bonds is 5. The lowest BCUT2D eigenvalue weighted by Crippen LogP contribution is -2.13. The summed E-state index contributed by atoms with van der Waals surface area (Å²) in [5.41, 5.74) is 5.49. The predicted octanol–water partition coefficient (Wildman–Crippen LogP) is 2.97. The van der Waals surface area contributed by atoms with Gasteiger partial charge in [-0.05, 0) is 18.2 Å². The molecule has 0 radical (unpaired) electrons. The van der Waals surface area contributed by atoms with Crippen molar-refractivity contribution < 1.29 is 4.74 Å². The van der Waals surface area contributed by atoms with Crippen LogP contribution in [-0.2, 0) is 0 Å². The summed E-state index contributed by atoms with van der Waals surface area (Å²) >= 11 is 9.15. The molecule has 0 atom stereocenters. The van der Waals surface area contributed by atoms with Gasteiger partial charge < -0.3 is 15.8 Å². The van der Waals surface area contributed by atoms with E-state index in [9.17, 15) is 0 Å². The second-order valence-corrected chi connectivity index (χ2v) is 4.97. The quantitative estimate of drug-likeness (QED) is 0.645. The number of halogens is 2. The summed E-state index contributed by atoms with van der Waals surface area (Å²) in [7, 11) is 0. The van der Waals surface area contributed by atoms with Crippen molar-refractivity contribution in [2.75, 3.05) is 24.2 Å². The van der Waals surface area contributed by atoms with Gasteiger partial charge in [0.2, 0.25) is 5.95 Å². The first-order valence-electron chi connectivity index (χ1n) is 5.56. The molecule has 0 spiro atoms. The Morgan fingerprint density at radius 3 is 2.89 bits per heavy atom. The Morgan fingerprint density at radius 1 is 1.32 bits per heavy atom. The van der Waals surface area contributed by atoms with Crippen molar-refractivity contribution in [1.82, 2.24) is 9.97 Å². The van der Waals surface area contributed by atoms with Gasteiger partial charge in [0.1, 0.15) is 23.3 Å². The molecule has 0 saturated heterocycles. The number of hydrogen-bond acceptors (Lipinski definition) is 5. The maximum absolute atomic E-state index is 5.77. The van der Waals surface area contributed by atoms with Gasteiger partial charge in [-0.15, -0.1) is 0 Å². The molecule has 7 heteroatoms. The first kappa shape index (κ1) is 13.9. The van der Waals surface area contributed by atoms with Gasteiger partial charge >= 0.3 is 0 Å². The van der Waals surface area contributed by atoms with Gasteiger partial charge in [-0.1, -0.05) is 33.6 Å². The summed E-state index contributed by atoms with van der Waals surface area (Å²) in [5, 5.41) is 3.37. The highest BCUT2D eigenvalue weighted by Gasteiger charge is 2.00. The molecular weight excluding hydrogens is 332 g/mol. The zero-order valence-corrected chi connectivity index (χ0v) is 12.3. The van der Waals surface area contributed by atoms with Gasteiger partial charge in [-0.3, -0.25) is 0 Å². The van der Waals surface area contributed by atoms with Crippen LogP contribution >= 0.6 is 27.5 Å². The molecule has 3 N–H and O–H groups in total. The number of nitrogen functional groups attached to an aromatic ring is 1. The Morgan fingerprint density at radius 2 is 2.16 bits per heavy atom. The number of ether oxygens (including phenoxy) is 1. The van der Waals surface area contributed by atoms with E-state index in [2.05, 4.69) is 31.2 Å². The van der Waals surface area contributed by atoms with Gasteiger partial charge in [0.25, 0.3) is 0 Å². The molecule has 0 aliphatic rings. The minimum absolute atomic E-state index is 0.142. The van der Waals surface area contributed by atoms with Crippen LogP contribution < -0.4 is 15.8 Å². The van der Waals surface area contributed by atoms with Gasteiger partial charge in [-0.2, -0.15) is 4.98 Å². The molecule has 0 amide bonds. The van der Waals surface area contributed by atoms with E-state index in [4.69, 9.17) is 22.1 Å². The number of nitrogens with one attached hydrogen (secondary N) is 1. The Kier molecular flexibility index (Phi) is 4.81. The average Bonchev–Trinajstić information content (AvgIpc) is 2.34. The second-order valence-electron chi connectivity index (χ2n) is 3.67. The van der Waals surface area contributed by atoms with E-state index >= 15 is 0 Å². The van der Waals surface area contributed by atoms with Crippen molar-refractivity contribution in [2.24, 2.45) is 0 Å². The van der Waals surface area contributed by atoms with Crippen LogP contribution in [0, 0.1) is 0 Å². The lowest BCUT2D eigenvalue weighted by Gasteiger charge is -2.08. The Bertz CT molecular complexity index is 547. The molecule has 1 aromatic carbocycles. The number of benzene rings is 1. The SMILES string of the molecule is Nc1nc(Cl)cc(NCCOc2cccc(Br)c2)n1. The smallest absolute Gasteiger partial charge is 0.223 e. The Hall–Kier alpha value is -1.53. The maximum atomic E-state index is 5.77. The molecule has 2 aromatic rings. The van der Waals surface area contributed by atoms with Crippen LogP contribution in [0.15, 0.2) is 34.8 Å². The number of nitrogens with two attached hydrogens (primary N) is 1. The lowest BCUT2D eigenvalue weighted by atomic mass is 10.3. The van der Waals surface area contributed by atoms with E-state index in [0.717, 1.165) is 10.2 Å². The molecule has 0 unspecified atom stereocenters. The van der Waals surface area contributed by atoms with Gasteiger partial charge in [0, 0.05) is 10.5 Å². The van der Waals surface area contributed by atoms with Crippen molar-refractivity contribution >= 4 is 39.3 Å². The van der Waals surface area contributed by atoms with Crippen molar-refractivity contribution in [1.29, 1.82) is 0 Å². The fourth-order valence-electron chi connectivity index (χ4n) is 1.43. The Labute approximate surface area is 124 Å². The monoisotopic (exact) mass is 342 g/mol. The number of aromatic nitrogens is 2. The highest BCUT2D eigenvalue weighted by molar-refractivity contribution is 9.10. The first-order chi connectivity index (χ1) is 9.13. The van der Waals surface area contributed by atoms with Crippen LogP contribution in [0.25, 0.3) is 0 Å². The van der Waals surface area contributed by atoms with Crippen molar-refractivity contribution in [3.63, 3.8) is 0 Å². The van der Waals surface area contributed by atoms with E-state index in [1.54, 1.807) is 6.07 Å². The van der Waals surface area contributed by atoms with Crippen LogP contribution in [0.5, 0.6) is 5.75 Å². The van der Waals surface area contributed by atoms with Gasteiger partial charge in [0.05, 0.1) is 6.54 Å². The molecule has 1 aromatic heterocycles.